The van der Waals surface area contributed by atoms with Crippen LogP contribution in [-0.2, 0) is 16.1 Å². The first kappa shape index (κ1) is 22.0. The minimum absolute atomic E-state index is 0. The maximum Gasteiger partial charge on any atom is 0.320 e. The molecule has 1 aromatic carbocycles. The lowest BCUT2D eigenvalue weighted by molar-refractivity contribution is -0.385. The number of fused-ring (bicyclic) bond motifs is 1. The quantitative estimate of drug-likeness (QED) is 0.212. The summed E-state index contributed by atoms with van der Waals surface area (Å²) in [5.41, 5.74) is -2.05. The van der Waals surface area contributed by atoms with E-state index in [1.54, 1.807) is 0 Å². The minimum atomic E-state index is -1.30. The first-order valence-corrected chi connectivity index (χ1v) is 7.30. The van der Waals surface area contributed by atoms with Crippen LogP contribution in [0.4, 0.5) is 5.69 Å². The van der Waals surface area contributed by atoms with Gasteiger partial charge in [0.15, 0.2) is 0 Å². The number of carboxylic acid groups (broad SMARTS) is 2. The fourth-order valence-corrected chi connectivity index (χ4v) is 2.32. The lowest BCUT2D eigenvalue weighted by Gasteiger charge is -2.14. The van der Waals surface area contributed by atoms with E-state index in [4.69, 9.17) is 10.2 Å². The number of carbonyl (C=O) groups is 2. The molecule has 5 N–H and O–H groups in total. The maximum absolute atomic E-state index is 11.4. The fraction of sp³-hybridized carbons (Fsp3) is 0.286. The van der Waals surface area contributed by atoms with E-state index < -0.39 is 46.1 Å². The summed E-state index contributed by atoms with van der Waals surface area (Å²) in [5, 5.41) is 31.5. The second-order valence-electron chi connectivity index (χ2n) is 5.40. The molecule has 13 heteroatoms. The van der Waals surface area contributed by atoms with E-state index in [2.05, 4.69) is 15.3 Å². The summed E-state index contributed by atoms with van der Waals surface area (Å²) >= 11 is 0. The van der Waals surface area contributed by atoms with E-state index in [0.717, 1.165) is 6.07 Å². The highest BCUT2D eigenvalue weighted by molar-refractivity contribution is 8.93. The molecule has 0 aliphatic carbocycles. The molecule has 0 radical (unpaired) electrons. The normalized spacial score (nSPS) is 11.6. The van der Waals surface area contributed by atoms with Crippen LogP contribution in [0.1, 0.15) is 18.4 Å². The summed E-state index contributed by atoms with van der Waals surface area (Å²) < 4.78 is 0. The van der Waals surface area contributed by atoms with E-state index in [9.17, 15) is 29.3 Å². The minimum Gasteiger partial charge on any atom is -0.481 e. The third-order valence-corrected chi connectivity index (χ3v) is 3.60. The number of nitro benzene ring substituents is 1. The summed E-state index contributed by atoms with van der Waals surface area (Å²) in [4.78, 5) is 59.5. The summed E-state index contributed by atoms with van der Waals surface area (Å²) in [6.07, 6.45) is -0.603. The van der Waals surface area contributed by atoms with E-state index in [0.29, 0.717) is 0 Å². The van der Waals surface area contributed by atoms with Gasteiger partial charge in [-0.2, -0.15) is 0 Å². The summed E-state index contributed by atoms with van der Waals surface area (Å²) in [7, 11) is 0. The highest BCUT2D eigenvalue weighted by atomic mass is 79.9. The van der Waals surface area contributed by atoms with Crippen molar-refractivity contribution < 1.29 is 24.7 Å². The second-order valence-corrected chi connectivity index (χ2v) is 5.40. The van der Waals surface area contributed by atoms with Crippen LogP contribution in [0.15, 0.2) is 21.7 Å². The lowest BCUT2D eigenvalue weighted by atomic mass is 10.1. The van der Waals surface area contributed by atoms with Crippen molar-refractivity contribution in [3.05, 3.63) is 48.5 Å². The number of aliphatic carboxylic acids is 2. The highest BCUT2D eigenvalue weighted by Gasteiger charge is 2.21. The Labute approximate surface area is 160 Å². The Kier molecular flexibility index (Phi) is 7.36. The highest BCUT2D eigenvalue weighted by Crippen LogP contribution is 2.23. The molecule has 1 aromatic heterocycles. The number of hydrogen-bond acceptors (Lipinski definition) is 7. The van der Waals surface area contributed by atoms with Crippen LogP contribution < -0.4 is 16.4 Å². The molecular formula is C14H15BrN4O8. The second kappa shape index (κ2) is 9.05. The van der Waals surface area contributed by atoms with Crippen LogP contribution in [0, 0.1) is 10.1 Å². The van der Waals surface area contributed by atoms with Crippen LogP contribution in [0.25, 0.3) is 11.0 Å². The molecule has 2 rings (SSSR count). The number of benzene rings is 1. The van der Waals surface area contributed by atoms with Gasteiger partial charge in [0.2, 0.25) is 0 Å². The van der Waals surface area contributed by atoms with Crippen LogP contribution in [0.2, 0.25) is 0 Å². The van der Waals surface area contributed by atoms with Crippen molar-refractivity contribution in [3.8, 4) is 0 Å². The summed E-state index contributed by atoms with van der Waals surface area (Å²) in [5.74, 6) is -2.47. The van der Waals surface area contributed by atoms with Gasteiger partial charge in [0, 0.05) is 24.6 Å². The largest absolute Gasteiger partial charge is 0.481 e. The van der Waals surface area contributed by atoms with Gasteiger partial charge in [0.05, 0.1) is 16.0 Å². The molecule has 0 saturated carbocycles. The lowest BCUT2D eigenvalue weighted by Crippen LogP contribution is -2.36. The van der Waals surface area contributed by atoms with Crippen molar-refractivity contribution in [2.45, 2.75) is 25.4 Å². The number of hydrogen-bond donors (Lipinski definition) is 5. The number of nitro groups is 1. The van der Waals surface area contributed by atoms with Crippen molar-refractivity contribution in [1.29, 1.82) is 0 Å². The fourth-order valence-electron chi connectivity index (χ4n) is 2.32. The molecule has 12 nitrogen and oxygen atoms in total. The number of halogens is 1. The first-order valence-electron chi connectivity index (χ1n) is 7.30. The molecule has 0 fully saturated rings. The number of carboxylic acids is 2. The molecule has 2 aromatic rings. The number of nitrogens with one attached hydrogen (secondary N) is 3. The molecule has 0 aliphatic rings. The van der Waals surface area contributed by atoms with Gasteiger partial charge in [-0.15, -0.1) is 17.0 Å². The van der Waals surface area contributed by atoms with Gasteiger partial charge in [-0.3, -0.25) is 29.3 Å². The Morgan fingerprint density at radius 2 is 1.70 bits per heavy atom. The van der Waals surface area contributed by atoms with Crippen LogP contribution in [0.5, 0.6) is 0 Å². The average molecular weight is 447 g/mol. The monoisotopic (exact) mass is 446 g/mol. The van der Waals surface area contributed by atoms with Gasteiger partial charge < -0.3 is 25.5 Å². The van der Waals surface area contributed by atoms with Crippen LogP contribution >= 0.6 is 17.0 Å². The molecule has 146 valence electrons. The molecule has 0 saturated heterocycles. The molecule has 0 spiro atoms. The van der Waals surface area contributed by atoms with Gasteiger partial charge in [0.1, 0.15) is 6.04 Å². The molecule has 0 aliphatic heterocycles. The Hall–Kier alpha value is -3.06. The number of rotatable bonds is 8. The van der Waals surface area contributed by atoms with Gasteiger partial charge >= 0.3 is 23.1 Å². The Morgan fingerprint density at radius 3 is 2.19 bits per heavy atom. The van der Waals surface area contributed by atoms with Crippen molar-refractivity contribution >= 4 is 45.6 Å². The van der Waals surface area contributed by atoms with Gasteiger partial charge in [-0.1, -0.05) is 0 Å². The van der Waals surface area contributed by atoms with E-state index >= 15 is 0 Å². The Balaban J connectivity index is 0.00000364. The summed E-state index contributed by atoms with van der Waals surface area (Å²) in [6.45, 7) is -0.260. The topological polar surface area (TPSA) is 195 Å². The van der Waals surface area contributed by atoms with Crippen LogP contribution in [-0.4, -0.2) is 43.1 Å². The zero-order chi connectivity index (χ0) is 19.4. The molecule has 0 bridgehead atoms. The predicted octanol–water partition coefficient (Wildman–Crippen LogP) is 0.110. The Bertz CT molecular complexity index is 999. The number of aromatic amines is 2. The van der Waals surface area contributed by atoms with Gasteiger partial charge in [0.25, 0.3) is 5.69 Å². The zero-order valence-corrected chi connectivity index (χ0v) is 15.3. The first-order chi connectivity index (χ1) is 12.2. The Morgan fingerprint density at radius 1 is 1.15 bits per heavy atom. The SMILES string of the molecule is Br.O=C(O)CC[C@H](NCc1cc2[nH]c(=O)c(=O)[nH]c2cc1[N+](=O)[O-])C(=O)O. The van der Waals surface area contributed by atoms with Crippen LogP contribution in [0.3, 0.4) is 0 Å². The van der Waals surface area contributed by atoms with Crippen molar-refractivity contribution in [2.24, 2.45) is 0 Å². The standard InChI is InChI=1S/C14H14N4O8.BrH/c19-11(20)2-1-7(14(23)24)15-5-6-3-8-9(4-10(6)18(25)26)17-13(22)12(21)16-8;/h3-4,7,15H,1-2,5H2,(H,16,21)(H,17,22)(H,19,20)(H,23,24);1H/t7-;/m0./s1. The maximum atomic E-state index is 11.4. The van der Waals surface area contributed by atoms with Gasteiger partial charge in [-0.05, 0) is 12.5 Å². The molecular weight excluding hydrogens is 432 g/mol. The number of nitrogens with zero attached hydrogens (tertiary/aromatic N) is 1. The molecule has 27 heavy (non-hydrogen) atoms. The smallest absolute Gasteiger partial charge is 0.320 e. The number of aromatic nitrogens is 2. The molecule has 1 heterocycles. The van der Waals surface area contributed by atoms with E-state index in [-0.39, 0.29) is 46.5 Å². The molecule has 1 atom stereocenters. The third kappa shape index (κ3) is 5.46. The van der Waals surface area contributed by atoms with E-state index in [1.165, 1.54) is 6.07 Å². The molecule has 0 amide bonds. The van der Waals surface area contributed by atoms with E-state index in [1.807, 2.05) is 0 Å². The zero-order valence-electron chi connectivity index (χ0n) is 13.6. The third-order valence-electron chi connectivity index (χ3n) is 3.60. The van der Waals surface area contributed by atoms with Crippen molar-refractivity contribution in [3.63, 3.8) is 0 Å². The van der Waals surface area contributed by atoms with Crippen molar-refractivity contribution in [2.75, 3.05) is 0 Å². The summed E-state index contributed by atoms with van der Waals surface area (Å²) in [6, 6.07) is 1.07. The average Bonchev–Trinajstić information content (AvgIpc) is 2.54. The van der Waals surface area contributed by atoms with Gasteiger partial charge in [-0.25, -0.2) is 0 Å². The molecule has 0 unspecified atom stereocenters. The number of H-pyrrole nitrogens is 2. The predicted molar refractivity (Wildman–Crippen MR) is 97.3 cm³/mol. The van der Waals surface area contributed by atoms with Crippen molar-refractivity contribution in [1.82, 2.24) is 15.3 Å².